The van der Waals surface area contributed by atoms with E-state index in [9.17, 15) is 19.1 Å². The van der Waals surface area contributed by atoms with Crippen molar-refractivity contribution in [3.63, 3.8) is 0 Å². The number of aliphatic hydroxyl groups is 1. The molecule has 0 saturated carbocycles. The molecule has 1 fully saturated rings. The van der Waals surface area contributed by atoms with Crippen molar-refractivity contribution in [3.05, 3.63) is 65.0 Å². The molecule has 0 bridgehead atoms. The predicted molar refractivity (Wildman–Crippen MR) is 107 cm³/mol. The van der Waals surface area contributed by atoms with Gasteiger partial charge < -0.3 is 24.2 Å². The molecule has 0 aromatic heterocycles. The lowest BCUT2D eigenvalue weighted by Crippen LogP contribution is -2.32. The number of benzene rings is 2. The first-order chi connectivity index (χ1) is 14.4. The third kappa shape index (κ3) is 3.73. The Morgan fingerprint density at radius 1 is 1.07 bits per heavy atom. The van der Waals surface area contributed by atoms with E-state index in [0.29, 0.717) is 11.3 Å². The van der Waals surface area contributed by atoms with Crippen LogP contribution in [-0.2, 0) is 14.3 Å². The SMILES string of the molecule is COCCN1C(=O)C(=O)/C(=C(/O)c2cc(F)ccc2OC)C1c1ccccc1OC. The fourth-order valence-corrected chi connectivity index (χ4v) is 3.53. The largest absolute Gasteiger partial charge is 0.507 e. The van der Waals surface area contributed by atoms with Gasteiger partial charge in [-0.25, -0.2) is 4.39 Å². The van der Waals surface area contributed by atoms with Crippen molar-refractivity contribution in [2.75, 3.05) is 34.5 Å². The normalized spacial score (nSPS) is 18.0. The Balaban J connectivity index is 2.27. The number of ketones is 1. The van der Waals surface area contributed by atoms with Crippen LogP contribution < -0.4 is 9.47 Å². The Kier molecular flexibility index (Phi) is 6.37. The molecular weight excluding hydrogens is 393 g/mol. The van der Waals surface area contributed by atoms with Gasteiger partial charge in [0.2, 0.25) is 0 Å². The van der Waals surface area contributed by atoms with Gasteiger partial charge in [-0.3, -0.25) is 9.59 Å². The summed E-state index contributed by atoms with van der Waals surface area (Å²) in [6, 6.07) is 9.49. The smallest absolute Gasteiger partial charge is 0.295 e. The Morgan fingerprint density at radius 2 is 1.77 bits per heavy atom. The summed E-state index contributed by atoms with van der Waals surface area (Å²) in [5.74, 6) is -2.23. The molecular formula is C22H22FNO6. The van der Waals surface area contributed by atoms with E-state index in [2.05, 4.69) is 0 Å². The summed E-state index contributed by atoms with van der Waals surface area (Å²) in [7, 11) is 4.31. The van der Waals surface area contributed by atoms with Crippen molar-refractivity contribution >= 4 is 17.4 Å². The van der Waals surface area contributed by atoms with Gasteiger partial charge in [-0.05, 0) is 24.3 Å². The van der Waals surface area contributed by atoms with Crippen LogP contribution in [0.5, 0.6) is 11.5 Å². The molecule has 2 aromatic rings. The molecule has 30 heavy (non-hydrogen) atoms. The van der Waals surface area contributed by atoms with E-state index in [0.717, 1.165) is 6.07 Å². The highest BCUT2D eigenvalue weighted by atomic mass is 19.1. The zero-order chi connectivity index (χ0) is 21.8. The van der Waals surface area contributed by atoms with Crippen molar-refractivity contribution in [1.29, 1.82) is 0 Å². The number of hydrogen-bond acceptors (Lipinski definition) is 6. The number of ether oxygens (including phenoxy) is 3. The van der Waals surface area contributed by atoms with Crippen LogP contribution in [0, 0.1) is 5.82 Å². The zero-order valence-electron chi connectivity index (χ0n) is 16.8. The second-order valence-electron chi connectivity index (χ2n) is 6.57. The summed E-state index contributed by atoms with van der Waals surface area (Å²) in [4.78, 5) is 27.0. The highest BCUT2D eigenvalue weighted by Crippen LogP contribution is 2.43. The van der Waals surface area contributed by atoms with Crippen LogP contribution in [0.25, 0.3) is 5.76 Å². The Hall–Kier alpha value is -3.39. The van der Waals surface area contributed by atoms with Crippen molar-refractivity contribution < 1.29 is 33.3 Å². The Labute approximate surface area is 173 Å². The third-order valence-corrected chi connectivity index (χ3v) is 4.93. The Morgan fingerprint density at radius 3 is 2.43 bits per heavy atom. The maximum Gasteiger partial charge on any atom is 0.295 e. The maximum absolute atomic E-state index is 13.9. The molecule has 1 unspecified atom stereocenters. The second kappa shape index (κ2) is 8.96. The number of carbonyl (C=O) groups is 2. The first-order valence-electron chi connectivity index (χ1n) is 9.18. The minimum Gasteiger partial charge on any atom is -0.507 e. The van der Waals surface area contributed by atoms with E-state index in [1.165, 1.54) is 38.4 Å². The molecule has 0 radical (unpaired) electrons. The first-order valence-corrected chi connectivity index (χ1v) is 9.18. The summed E-state index contributed by atoms with van der Waals surface area (Å²) in [5.41, 5.74) is 0.305. The number of hydrogen-bond donors (Lipinski definition) is 1. The van der Waals surface area contributed by atoms with Gasteiger partial charge >= 0.3 is 0 Å². The van der Waals surface area contributed by atoms with Crippen LogP contribution in [0.4, 0.5) is 4.39 Å². The quantitative estimate of drug-likeness (QED) is 0.425. The topological polar surface area (TPSA) is 85.3 Å². The van der Waals surface area contributed by atoms with Crippen LogP contribution in [0.1, 0.15) is 17.2 Å². The summed E-state index contributed by atoms with van der Waals surface area (Å²) in [5, 5.41) is 11.0. The monoisotopic (exact) mass is 415 g/mol. The van der Waals surface area contributed by atoms with E-state index >= 15 is 0 Å². The van der Waals surface area contributed by atoms with Crippen LogP contribution in [0.15, 0.2) is 48.0 Å². The molecule has 1 aliphatic heterocycles. The van der Waals surface area contributed by atoms with E-state index in [-0.39, 0.29) is 30.0 Å². The number of methoxy groups -OCH3 is 3. The number of aliphatic hydroxyl groups excluding tert-OH is 1. The molecule has 0 spiro atoms. The minimum atomic E-state index is -0.940. The van der Waals surface area contributed by atoms with Crippen LogP contribution >= 0.6 is 0 Å². The van der Waals surface area contributed by atoms with Gasteiger partial charge in [0.1, 0.15) is 23.1 Å². The number of Topliss-reactive ketones (excluding diaryl/α,β-unsaturated/α-hetero) is 1. The van der Waals surface area contributed by atoms with Gasteiger partial charge in [-0.2, -0.15) is 0 Å². The molecule has 0 aliphatic carbocycles. The third-order valence-electron chi connectivity index (χ3n) is 4.93. The van der Waals surface area contributed by atoms with Crippen molar-refractivity contribution in [3.8, 4) is 11.5 Å². The highest BCUT2D eigenvalue weighted by molar-refractivity contribution is 6.46. The van der Waals surface area contributed by atoms with Gasteiger partial charge in [0.15, 0.2) is 0 Å². The van der Waals surface area contributed by atoms with Gasteiger partial charge in [0.25, 0.3) is 11.7 Å². The van der Waals surface area contributed by atoms with Crippen molar-refractivity contribution in [2.24, 2.45) is 0 Å². The number of amides is 1. The van der Waals surface area contributed by atoms with E-state index in [4.69, 9.17) is 14.2 Å². The molecule has 7 nitrogen and oxygen atoms in total. The maximum atomic E-state index is 13.9. The predicted octanol–water partition coefficient (Wildman–Crippen LogP) is 2.91. The molecule has 1 saturated heterocycles. The number of para-hydroxylation sites is 1. The van der Waals surface area contributed by atoms with Crippen LogP contribution in [0.3, 0.4) is 0 Å². The van der Waals surface area contributed by atoms with Gasteiger partial charge in [-0.1, -0.05) is 18.2 Å². The first kappa shape index (κ1) is 21.3. The van der Waals surface area contributed by atoms with E-state index in [1.807, 2.05) is 0 Å². The lowest BCUT2D eigenvalue weighted by atomic mass is 9.94. The number of carbonyl (C=O) groups excluding carboxylic acids is 2. The summed E-state index contributed by atoms with van der Waals surface area (Å²) >= 11 is 0. The molecule has 1 N–H and O–H groups in total. The van der Waals surface area contributed by atoms with Gasteiger partial charge in [0, 0.05) is 19.2 Å². The summed E-state index contributed by atoms with van der Waals surface area (Å²) < 4.78 is 29.6. The van der Waals surface area contributed by atoms with Crippen molar-refractivity contribution in [2.45, 2.75) is 6.04 Å². The fraction of sp³-hybridized carbons (Fsp3) is 0.273. The average Bonchev–Trinajstić information content (AvgIpc) is 3.01. The zero-order valence-corrected chi connectivity index (χ0v) is 16.8. The molecule has 1 atom stereocenters. The molecule has 2 aromatic carbocycles. The number of likely N-dealkylation sites (tertiary alicyclic amines) is 1. The molecule has 1 amide bonds. The van der Waals surface area contributed by atoms with E-state index < -0.39 is 29.3 Å². The number of halogens is 1. The molecule has 158 valence electrons. The fourth-order valence-electron chi connectivity index (χ4n) is 3.53. The minimum absolute atomic E-state index is 0.0258. The standard InChI is InChI=1S/C22H22FNO6/c1-28-11-10-24-19(14-6-4-5-7-16(14)29-2)18(21(26)22(24)27)20(25)15-12-13(23)8-9-17(15)30-3/h4-9,12,19,25H,10-11H2,1-3H3/b20-18+. The van der Waals surface area contributed by atoms with Gasteiger partial charge in [0.05, 0.1) is 38.0 Å². The molecule has 1 heterocycles. The Bertz CT molecular complexity index is 1000. The summed E-state index contributed by atoms with van der Waals surface area (Å²) in [6.45, 7) is 0.294. The lowest BCUT2D eigenvalue weighted by molar-refractivity contribution is -0.140. The molecule has 3 rings (SSSR count). The van der Waals surface area contributed by atoms with Gasteiger partial charge in [-0.15, -0.1) is 0 Å². The summed E-state index contributed by atoms with van der Waals surface area (Å²) in [6.07, 6.45) is 0. The van der Waals surface area contributed by atoms with E-state index in [1.54, 1.807) is 24.3 Å². The molecule has 1 aliphatic rings. The second-order valence-corrected chi connectivity index (χ2v) is 6.57. The highest BCUT2D eigenvalue weighted by Gasteiger charge is 2.47. The number of nitrogens with zero attached hydrogens (tertiary/aromatic N) is 1. The van der Waals surface area contributed by atoms with Crippen LogP contribution in [-0.4, -0.2) is 56.2 Å². The lowest BCUT2D eigenvalue weighted by Gasteiger charge is -2.26. The number of rotatable bonds is 7. The molecule has 8 heteroatoms. The average molecular weight is 415 g/mol. The van der Waals surface area contributed by atoms with Crippen LogP contribution in [0.2, 0.25) is 0 Å². The van der Waals surface area contributed by atoms with Crippen molar-refractivity contribution in [1.82, 2.24) is 4.90 Å².